The number of benzene rings is 1. The minimum Gasteiger partial charge on any atom is -0.354 e. The normalized spacial score (nSPS) is 11.3. The summed E-state index contributed by atoms with van der Waals surface area (Å²) < 4.78 is 0. The number of para-hydroxylation sites is 1. The number of carbonyl (C=O) groups excluding carboxylic acids is 1. The maximum Gasteiger partial charge on any atom is 0.270 e. The lowest BCUT2D eigenvalue weighted by Crippen LogP contribution is -2.40. The molecule has 5 heteroatoms. The Balaban J connectivity index is 1.88. The topological polar surface area (TPSA) is 66.9 Å². The van der Waals surface area contributed by atoms with Crippen molar-refractivity contribution in [3.8, 4) is 0 Å². The van der Waals surface area contributed by atoms with E-state index in [4.69, 9.17) is 0 Å². The van der Waals surface area contributed by atoms with Gasteiger partial charge in [0.05, 0.1) is 11.2 Å². The molecular weight excluding hydrogens is 300 g/mol. The van der Waals surface area contributed by atoms with Gasteiger partial charge in [-0.2, -0.15) is 0 Å². The van der Waals surface area contributed by atoms with Crippen molar-refractivity contribution in [3.63, 3.8) is 0 Å². The molecule has 0 atom stereocenters. The third-order valence-electron chi connectivity index (χ3n) is 3.39. The molecule has 2 N–H and O–H groups in total. The van der Waals surface area contributed by atoms with Crippen molar-refractivity contribution >= 4 is 28.2 Å². The second-order valence-electron chi connectivity index (χ2n) is 6.64. The Bertz CT molecular complexity index is 878. The Hall–Kier alpha value is -2.95. The summed E-state index contributed by atoms with van der Waals surface area (Å²) >= 11 is 0. The van der Waals surface area contributed by atoms with E-state index in [1.54, 1.807) is 18.5 Å². The van der Waals surface area contributed by atoms with E-state index in [2.05, 4.69) is 20.6 Å². The lowest BCUT2D eigenvalue weighted by atomic mass is 10.1. The summed E-state index contributed by atoms with van der Waals surface area (Å²) in [5.41, 5.74) is 2.64. The van der Waals surface area contributed by atoms with Gasteiger partial charge in [-0.25, -0.2) is 0 Å². The van der Waals surface area contributed by atoms with Crippen LogP contribution in [0.5, 0.6) is 0 Å². The molecule has 0 spiro atoms. The summed E-state index contributed by atoms with van der Waals surface area (Å²) in [6.07, 6.45) is 3.39. The highest BCUT2D eigenvalue weighted by Gasteiger charge is 2.16. The predicted molar refractivity (Wildman–Crippen MR) is 96.5 cm³/mol. The number of hydrogen-bond acceptors (Lipinski definition) is 4. The molecule has 1 amide bonds. The Morgan fingerprint density at radius 2 is 1.79 bits per heavy atom. The minimum absolute atomic E-state index is 0.192. The van der Waals surface area contributed by atoms with Gasteiger partial charge in [-0.1, -0.05) is 18.2 Å². The van der Waals surface area contributed by atoms with Gasteiger partial charge in [0.2, 0.25) is 0 Å². The first-order valence-corrected chi connectivity index (χ1v) is 7.82. The highest BCUT2D eigenvalue weighted by molar-refractivity contribution is 5.95. The summed E-state index contributed by atoms with van der Waals surface area (Å²) in [5.74, 6) is -0.192. The molecule has 5 nitrogen and oxygen atoms in total. The molecule has 0 fully saturated rings. The second kappa shape index (κ2) is 6.28. The summed E-state index contributed by atoms with van der Waals surface area (Å²) in [6.45, 7) is 5.82. The van der Waals surface area contributed by atoms with E-state index in [0.717, 1.165) is 22.3 Å². The average molecular weight is 320 g/mol. The monoisotopic (exact) mass is 320 g/mol. The Morgan fingerprint density at radius 1 is 1.00 bits per heavy atom. The molecule has 2 heterocycles. The van der Waals surface area contributed by atoms with E-state index in [-0.39, 0.29) is 11.4 Å². The van der Waals surface area contributed by atoms with Crippen LogP contribution >= 0.6 is 0 Å². The molecule has 122 valence electrons. The summed E-state index contributed by atoms with van der Waals surface area (Å²) in [5, 5.41) is 7.29. The van der Waals surface area contributed by atoms with E-state index in [1.165, 1.54) is 0 Å². The van der Waals surface area contributed by atoms with Crippen molar-refractivity contribution in [2.75, 3.05) is 5.32 Å². The SMILES string of the molecule is CC(C)(C)NC(=O)c1cc(Nc2cccc3cccnc23)ccn1. The molecule has 0 unspecified atom stereocenters. The van der Waals surface area contributed by atoms with Gasteiger partial charge in [0.25, 0.3) is 5.91 Å². The molecule has 0 aliphatic heterocycles. The van der Waals surface area contributed by atoms with Crippen LogP contribution in [0.3, 0.4) is 0 Å². The molecule has 24 heavy (non-hydrogen) atoms. The fourth-order valence-corrected chi connectivity index (χ4v) is 2.40. The van der Waals surface area contributed by atoms with Crippen molar-refractivity contribution in [1.29, 1.82) is 0 Å². The molecule has 1 aromatic carbocycles. The average Bonchev–Trinajstić information content (AvgIpc) is 2.54. The summed E-state index contributed by atoms with van der Waals surface area (Å²) in [6, 6.07) is 13.4. The first kappa shape index (κ1) is 15.9. The molecule has 0 radical (unpaired) electrons. The van der Waals surface area contributed by atoms with Crippen LogP contribution in [-0.2, 0) is 0 Å². The molecule has 0 aliphatic rings. The molecule has 3 rings (SSSR count). The number of aromatic nitrogens is 2. The van der Waals surface area contributed by atoms with E-state index >= 15 is 0 Å². The van der Waals surface area contributed by atoms with Crippen molar-refractivity contribution in [1.82, 2.24) is 15.3 Å². The number of amides is 1. The van der Waals surface area contributed by atoms with E-state index in [0.29, 0.717) is 5.69 Å². The van der Waals surface area contributed by atoms with Crippen LogP contribution in [0, 0.1) is 0 Å². The maximum absolute atomic E-state index is 12.3. The van der Waals surface area contributed by atoms with Gasteiger partial charge in [-0.3, -0.25) is 14.8 Å². The van der Waals surface area contributed by atoms with Crippen LogP contribution in [0.2, 0.25) is 0 Å². The molecule has 3 aromatic rings. The fourth-order valence-electron chi connectivity index (χ4n) is 2.40. The summed E-state index contributed by atoms with van der Waals surface area (Å²) in [7, 11) is 0. The van der Waals surface area contributed by atoms with Crippen molar-refractivity contribution in [2.45, 2.75) is 26.3 Å². The molecule has 0 saturated heterocycles. The van der Waals surface area contributed by atoms with Crippen molar-refractivity contribution in [2.24, 2.45) is 0 Å². The predicted octanol–water partition coefficient (Wildman–Crippen LogP) is 3.90. The Kier molecular flexibility index (Phi) is 4.16. The third kappa shape index (κ3) is 3.68. The van der Waals surface area contributed by atoms with Crippen LogP contribution in [0.1, 0.15) is 31.3 Å². The van der Waals surface area contributed by atoms with Gasteiger partial charge in [0.15, 0.2) is 0 Å². The van der Waals surface area contributed by atoms with Crippen molar-refractivity contribution < 1.29 is 4.79 Å². The molecule has 0 bridgehead atoms. The van der Waals surface area contributed by atoms with Gasteiger partial charge in [-0.05, 0) is 45.0 Å². The van der Waals surface area contributed by atoms with E-state index < -0.39 is 0 Å². The smallest absolute Gasteiger partial charge is 0.270 e. The first-order valence-electron chi connectivity index (χ1n) is 7.82. The van der Waals surface area contributed by atoms with E-state index in [1.807, 2.05) is 57.2 Å². The quantitative estimate of drug-likeness (QED) is 0.768. The number of fused-ring (bicyclic) bond motifs is 1. The number of pyridine rings is 2. The zero-order valence-electron chi connectivity index (χ0n) is 14.0. The third-order valence-corrected chi connectivity index (χ3v) is 3.39. The Labute approximate surface area is 141 Å². The standard InChI is InChI=1S/C19H20N4O/c1-19(2,3)23-18(24)16-12-14(9-11-20-16)22-15-8-4-6-13-7-5-10-21-17(13)15/h4-12H,1-3H3,(H,20,22)(H,23,24). The van der Waals surface area contributed by atoms with Crippen molar-refractivity contribution in [3.05, 3.63) is 60.6 Å². The Morgan fingerprint density at radius 3 is 2.58 bits per heavy atom. The molecule has 2 aromatic heterocycles. The van der Waals surface area contributed by atoms with Crippen LogP contribution < -0.4 is 10.6 Å². The highest BCUT2D eigenvalue weighted by Crippen LogP contribution is 2.24. The minimum atomic E-state index is -0.304. The van der Waals surface area contributed by atoms with Gasteiger partial charge >= 0.3 is 0 Å². The lowest BCUT2D eigenvalue weighted by molar-refractivity contribution is 0.0914. The van der Waals surface area contributed by atoms with E-state index in [9.17, 15) is 4.79 Å². The van der Waals surface area contributed by atoms with Gasteiger partial charge in [0.1, 0.15) is 5.69 Å². The highest BCUT2D eigenvalue weighted by atomic mass is 16.2. The number of hydrogen-bond donors (Lipinski definition) is 2. The zero-order valence-corrected chi connectivity index (χ0v) is 14.0. The number of rotatable bonds is 3. The summed E-state index contributed by atoms with van der Waals surface area (Å²) in [4.78, 5) is 20.8. The number of nitrogens with one attached hydrogen (secondary N) is 2. The molecular formula is C19H20N4O. The lowest BCUT2D eigenvalue weighted by Gasteiger charge is -2.20. The van der Waals surface area contributed by atoms with Crippen LogP contribution in [0.15, 0.2) is 54.9 Å². The van der Waals surface area contributed by atoms with Crippen LogP contribution in [-0.4, -0.2) is 21.4 Å². The number of carbonyl (C=O) groups is 1. The van der Waals surface area contributed by atoms with Gasteiger partial charge < -0.3 is 10.6 Å². The van der Waals surface area contributed by atoms with Gasteiger partial charge in [-0.15, -0.1) is 0 Å². The zero-order chi connectivity index (χ0) is 17.2. The first-order chi connectivity index (χ1) is 11.4. The second-order valence-corrected chi connectivity index (χ2v) is 6.64. The number of nitrogens with zero attached hydrogens (tertiary/aromatic N) is 2. The maximum atomic E-state index is 12.3. The molecule has 0 saturated carbocycles. The molecule has 0 aliphatic carbocycles. The number of anilines is 2. The van der Waals surface area contributed by atoms with Crippen LogP contribution in [0.4, 0.5) is 11.4 Å². The van der Waals surface area contributed by atoms with Crippen LogP contribution in [0.25, 0.3) is 10.9 Å². The largest absolute Gasteiger partial charge is 0.354 e. The van der Waals surface area contributed by atoms with Gasteiger partial charge in [0, 0.05) is 29.0 Å². The fraction of sp³-hybridized carbons (Fsp3) is 0.211.